The van der Waals surface area contributed by atoms with Crippen LogP contribution >= 0.6 is 0 Å². The smallest absolute Gasteiger partial charge is 0.145 e. The predicted molar refractivity (Wildman–Crippen MR) is 118 cm³/mol. The van der Waals surface area contributed by atoms with Gasteiger partial charge in [0.05, 0.1) is 18.3 Å². The van der Waals surface area contributed by atoms with Gasteiger partial charge in [0.25, 0.3) is 0 Å². The quantitative estimate of drug-likeness (QED) is 0.394. The van der Waals surface area contributed by atoms with Crippen molar-refractivity contribution in [3.05, 3.63) is 84.1 Å². The van der Waals surface area contributed by atoms with E-state index >= 15 is 0 Å². The summed E-state index contributed by atoms with van der Waals surface area (Å²) in [4.78, 5) is 4.73. The summed E-state index contributed by atoms with van der Waals surface area (Å²) < 4.78 is 7.57. The number of fused-ring (bicyclic) bond motifs is 3. The Hall–Kier alpha value is -3.66. The van der Waals surface area contributed by atoms with Crippen molar-refractivity contribution in [1.29, 1.82) is 0 Å². The molecule has 5 rings (SSSR count). The van der Waals surface area contributed by atoms with Crippen molar-refractivity contribution < 1.29 is 4.74 Å². The summed E-state index contributed by atoms with van der Waals surface area (Å²) in [6.45, 7) is 4.18. The van der Waals surface area contributed by atoms with Gasteiger partial charge in [-0.25, -0.2) is 4.68 Å². The zero-order valence-corrected chi connectivity index (χ0v) is 16.7. The van der Waals surface area contributed by atoms with E-state index in [4.69, 9.17) is 14.8 Å². The average Bonchev–Trinajstić information content (AvgIpc) is 3.14. The van der Waals surface area contributed by atoms with Crippen LogP contribution in [-0.2, 0) is 0 Å². The normalized spacial score (nSPS) is 11.3. The number of pyridine rings is 1. The van der Waals surface area contributed by atoms with Gasteiger partial charge < -0.3 is 4.74 Å². The van der Waals surface area contributed by atoms with Crippen LogP contribution < -0.4 is 4.74 Å². The summed E-state index contributed by atoms with van der Waals surface area (Å²) in [7, 11) is 1.68. The average molecular weight is 379 g/mol. The second-order valence-corrected chi connectivity index (χ2v) is 7.34. The zero-order chi connectivity index (χ0) is 20.0. The molecular formula is C25H21N3O. The van der Waals surface area contributed by atoms with E-state index < -0.39 is 0 Å². The molecule has 142 valence electrons. The molecule has 0 saturated carbocycles. The first-order chi connectivity index (χ1) is 14.2. The SMILES string of the molecule is COc1cccc2c1ncc1c(-c3ccc(C)cc3)nn(-c3ccc(C)cc3)c12. The van der Waals surface area contributed by atoms with E-state index in [1.54, 1.807) is 7.11 Å². The maximum Gasteiger partial charge on any atom is 0.145 e. The van der Waals surface area contributed by atoms with E-state index in [0.717, 1.165) is 44.5 Å². The van der Waals surface area contributed by atoms with Crippen LogP contribution in [0.15, 0.2) is 72.9 Å². The molecule has 2 aromatic heterocycles. The van der Waals surface area contributed by atoms with E-state index in [9.17, 15) is 0 Å². The number of hydrogen-bond donors (Lipinski definition) is 0. The van der Waals surface area contributed by atoms with Gasteiger partial charge in [0, 0.05) is 22.5 Å². The van der Waals surface area contributed by atoms with Gasteiger partial charge in [-0.3, -0.25) is 4.98 Å². The van der Waals surface area contributed by atoms with Gasteiger partial charge >= 0.3 is 0 Å². The summed E-state index contributed by atoms with van der Waals surface area (Å²) in [6.07, 6.45) is 1.91. The van der Waals surface area contributed by atoms with Crippen LogP contribution in [0.1, 0.15) is 11.1 Å². The van der Waals surface area contributed by atoms with Crippen molar-refractivity contribution in [2.75, 3.05) is 7.11 Å². The topological polar surface area (TPSA) is 39.9 Å². The summed E-state index contributed by atoms with van der Waals surface area (Å²) >= 11 is 0. The molecule has 0 spiro atoms. The molecule has 0 radical (unpaired) electrons. The Morgan fingerprint density at radius 3 is 2.17 bits per heavy atom. The van der Waals surface area contributed by atoms with Gasteiger partial charge in [0.15, 0.2) is 0 Å². The first-order valence-electron chi connectivity index (χ1n) is 9.64. The molecule has 0 aliphatic heterocycles. The number of aryl methyl sites for hydroxylation is 2. The standard InChI is InChI=1S/C25H21N3O/c1-16-7-11-18(12-8-16)23-21-15-26-24-20(5-4-6-22(24)29-3)25(21)28(27-23)19-13-9-17(2)10-14-19/h4-15H,1-3H3. The number of ether oxygens (including phenoxy) is 1. The van der Waals surface area contributed by atoms with E-state index in [0.29, 0.717) is 0 Å². The minimum absolute atomic E-state index is 0.762. The molecule has 4 nitrogen and oxygen atoms in total. The lowest BCUT2D eigenvalue weighted by molar-refractivity contribution is 0.419. The lowest BCUT2D eigenvalue weighted by atomic mass is 10.1. The predicted octanol–water partition coefficient (Wildman–Crippen LogP) is 5.87. The molecule has 0 unspecified atom stereocenters. The first kappa shape index (κ1) is 17.4. The number of rotatable bonds is 3. The number of aromatic nitrogens is 3. The number of hydrogen-bond acceptors (Lipinski definition) is 3. The van der Waals surface area contributed by atoms with Crippen LogP contribution in [0.25, 0.3) is 38.8 Å². The highest BCUT2D eigenvalue weighted by Crippen LogP contribution is 2.36. The summed E-state index contributed by atoms with van der Waals surface area (Å²) in [6, 6.07) is 22.9. The summed E-state index contributed by atoms with van der Waals surface area (Å²) in [5.74, 6) is 0.762. The highest BCUT2D eigenvalue weighted by atomic mass is 16.5. The van der Waals surface area contributed by atoms with Crippen molar-refractivity contribution in [2.24, 2.45) is 0 Å². The fourth-order valence-electron chi connectivity index (χ4n) is 3.75. The van der Waals surface area contributed by atoms with Gasteiger partial charge in [-0.15, -0.1) is 0 Å². The van der Waals surface area contributed by atoms with Crippen LogP contribution in [0.5, 0.6) is 5.75 Å². The van der Waals surface area contributed by atoms with Crippen LogP contribution in [0, 0.1) is 13.8 Å². The molecule has 5 aromatic rings. The number of benzene rings is 3. The fraction of sp³-hybridized carbons (Fsp3) is 0.120. The molecule has 3 aromatic carbocycles. The molecule has 29 heavy (non-hydrogen) atoms. The van der Waals surface area contributed by atoms with Crippen LogP contribution in [0.3, 0.4) is 0 Å². The van der Waals surface area contributed by atoms with E-state index in [1.165, 1.54) is 11.1 Å². The number of para-hydroxylation sites is 1. The molecule has 0 fully saturated rings. The molecule has 4 heteroatoms. The number of nitrogens with zero attached hydrogens (tertiary/aromatic N) is 3. The Balaban J connectivity index is 1.89. The van der Waals surface area contributed by atoms with Crippen LogP contribution in [0.2, 0.25) is 0 Å². The van der Waals surface area contributed by atoms with Crippen molar-refractivity contribution in [2.45, 2.75) is 13.8 Å². The monoisotopic (exact) mass is 379 g/mol. The molecule has 0 aliphatic rings. The Morgan fingerprint density at radius 1 is 0.793 bits per heavy atom. The van der Waals surface area contributed by atoms with E-state index in [2.05, 4.69) is 68.4 Å². The van der Waals surface area contributed by atoms with E-state index in [1.807, 2.05) is 23.0 Å². The maximum absolute atomic E-state index is 5.55. The van der Waals surface area contributed by atoms with Gasteiger partial charge in [0.1, 0.15) is 17.0 Å². The third-order valence-electron chi connectivity index (χ3n) is 5.32. The van der Waals surface area contributed by atoms with Crippen molar-refractivity contribution in [1.82, 2.24) is 14.8 Å². The molecule has 0 aliphatic carbocycles. The highest BCUT2D eigenvalue weighted by molar-refractivity contribution is 6.10. The largest absolute Gasteiger partial charge is 0.494 e. The van der Waals surface area contributed by atoms with Gasteiger partial charge in [-0.1, -0.05) is 59.7 Å². The first-order valence-corrected chi connectivity index (χ1v) is 9.64. The third-order valence-corrected chi connectivity index (χ3v) is 5.32. The molecule has 0 bridgehead atoms. The molecule has 0 saturated heterocycles. The summed E-state index contributed by atoms with van der Waals surface area (Å²) in [5.41, 5.74) is 7.35. The highest BCUT2D eigenvalue weighted by Gasteiger charge is 2.18. The molecule has 2 heterocycles. The maximum atomic E-state index is 5.55. The second-order valence-electron chi connectivity index (χ2n) is 7.34. The fourth-order valence-corrected chi connectivity index (χ4v) is 3.75. The Labute approximate surface area is 169 Å². The minimum Gasteiger partial charge on any atom is -0.494 e. The van der Waals surface area contributed by atoms with Crippen LogP contribution in [-0.4, -0.2) is 21.9 Å². The lowest BCUT2D eigenvalue weighted by Crippen LogP contribution is -1.97. The van der Waals surface area contributed by atoms with Gasteiger partial charge in [-0.05, 0) is 32.0 Å². The van der Waals surface area contributed by atoms with Crippen molar-refractivity contribution in [3.63, 3.8) is 0 Å². The van der Waals surface area contributed by atoms with Crippen LogP contribution in [0.4, 0.5) is 0 Å². The van der Waals surface area contributed by atoms with Gasteiger partial charge in [0.2, 0.25) is 0 Å². The molecule has 0 atom stereocenters. The summed E-state index contributed by atoms with van der Waals surface area (Å²) in [5, 5.41) is 7.08. The molecule has 0 N–H and O–H groups in total. The molecule has 0 amide bonds. The Morgan fingerprint density at radius 2 is 1.48 bits per heavy atom. The van der Waals surface area contributed by atoms with E-state index in [-0.39, 0.29) is 0 Å². The number of methoxy groups -OCH3 is 1. The molecular weight excluding hydrogens is 358 g/mol. The van der Waals surface area contributed by atoms with Crippen molar-refractivity contribution in [3.8, 4) is 22.7 Å². The second kappa shape index (κ2) is 6.74. The minimum atomic E-state index is 0.762. The lowest BCUT2D eigenvalue weighted by Gasteiger charge is -2.08. The van der Waals surface area contributed by atoms with Crippen molar-refractivity contribution >= 4 is 21.8 Å². The Bertz CT molecular complexity index is 1330. The van der Waals surface area contributed by atoms with Gasteiger partial charge in [-0.2, -0.15) is 5.10 Å². The Kier molecular flexibility index (Phi) is 4.06. The third kappa shape index (κ3) is 2.85. The zero-order valence-electron chi connectivity index (χ0n) is 16.7.